The third-order valence-electron chi connectivity index (χ3n) is 3.19. The summed E-state index contributed by atoms with van der Waals surface area (Å²) in [4.78, 5) is 6.48. The molecule has 1 heterocycles. The topological polar surface area (TPSA) is 16.1 Å². The van der Waals surface area contributed by atoms with Crippen molar-refractivity contribution in [2.45, 2.75) is 0 Å². The zero-order valence-electron chi connectivity index (χ0n) is 11.9. The van der Waals surface area contributed by atoms with Crippen LogP contribution in [0.5, 0.6) is 0 Å². The van der Waals surface area contributed by atoms with Crippen LogP contribution >= 0.6 is 11.3 Å². The van der Waals surface area contributed by atoms with Crippen LogP contribution in [0.15, 0.2) is 42.5 Å². The van der Waals surface area contributed by atoms with E-state index < -0.39 is 0 Å². The minimum absolute atomic E-state index is 0.248. The van der Waals surface area contributed by atoms with Crippen LogP contribution in [-0.2, 0) is 0 Å². The van der Waals surface area contributed by atoms with E-state index in [1.54, 1.807) is 17.4 Å². The zero-order valence-corrected chi connectivity index (χ0v) is 12.7. The Kier molecular flexibility index (Phi) is 3.71. The predicted octanol–water partition coefficient (Wildman–Crippen LogP) is 4.67. The van der Waals surface area contributed by atoms with Gasteiger partial charge in [0.25, 0.3) is 0 Å². The summed E-state index contributed by atoms with van der Waals surface area (Å²) in [6.07, 6.45) is 3.99. The molecule has 0 amide bonds. The first kappa shape index (κ1) is 13.8. The van der Waals surface area contributed by atoms with Gasteiger partial charge in [-0.1, -0.05) is 18.2 Å². The van der Waals surface area contributed by atoms with Crippen LogP contribution in [-0.4, -0.2) is 19.1 Å². The van der Waals surface area contributed by atoms with E-state index in [4.69, 9.17) is 0 Å². The molecule has 0 aliphatic heterocycles. The smallest absolute Gasteiger partial charge is 0.125 e. The molecule has 4 heteroatoms. The summed E-state index contributed by atoms with van der Waals surface area (Å²) in [5.74, 6) is -0.248. The Morgan fingerprint density at radius 3 is 2.52 bits per heavy atom. The van der Waals surface area contributed by atoms with Gasteiger partial charge in [0.1, 0.15) is 10.8 Å². The van der Waals surface area contributed by atoms with E-state index in [9.17, 15) is 4.39 Å². The van der Waals surface area contributed by atoms with Crippen LogP contribution < -0.4 is 4.90 Å². The predicted molar refractivity (Wildman–Crippen MR) is 89.3 cm³/mol. The van der Waals surface area contributed by atoms with Gasteiger partial charge in [-0.05, 0) is 35.9 Å². The number of thiazole rings is 1. The van der Waals surface area contributed by atoms with E-state index in [-0.39, 0.29) is 5.82 Å². The number of aromatic nitrogens is 1. The maximum atomic E-state index is 13.1. The molecular formula is C17H15FN2S. The summed E-state index contributed by atoms with van der Waals surface area (Å²) in [6.45, 7) is 0. The van der Waals surface area contributed by atoms with Gasteiger partial charge in [0.05, 0.1) is 10.2 Å². The molecule has 106 valence electrons. The highest BCUT2D eigenvalue weighted by molar-refractivity contribution is 7.19. The fraction of sp³-hybridized carbons (Fsp3) is 0.118. The van der Waals surface area contributed by atoms with Crippen molar-refractivity contribution in [3.63, 3.8) is 0 Å². The lowest BCUT2D eigenvalue weighted by atomic mass is 10.2. The van der Waals surface area contributed by atoms with E-state index in [1.165, 1.54) is 17.8 Å². The Bertz CT molecular complexity index is 788. The van der Waals surface area contributed by atoms with E-state index in [0.717, 1.165) is 15.3 Å². The van der Waals surface area contributed by atoms with Crippen LogP contribution in [0.2, 0.25) is 0 Å². The second kappa shape index (κ2) is 5.66. The lowest BCUT2D eigenvalue weighted by molar-refractivity contribution is 0.629. The van der Waals surface area contributed by atoms with Gasteiger partial charge in [-0.3, -0.25) is 0 Å². The summed E-state index contributed by atoms with van der Waals surface area (Å²) in [5, 5.41) is 0.882. The summed E-state index contributed by atoms with van der Waals surface area (Å²) >= 11 is 1.56. The van der Waals surface area contributed by atoms with Crippen LogP contribution in [0, 0.1) is 5.82 Å². The number of hydrogen-bond donors (Lipinski definition) is 0. The number of anilines is 1. The third kappa shape index (κ3) is 3.11. The third-order valence-corrected chi connectivity index (χ3v) is 4.20. The molecule has 0 atom stereocenters. The Balaban J connectivity index is 1.83. The molecule has 0 saturated carbocycles. The Morgan fingerprint density at radius 1 is 1.05 bits per heavy atom. The molecule has 0 bridgehead atoms. The van der Waals surface area contributed by atoms with Gasteiger partial charge < -0.3 is 4.90 Å². The molecule has 0 fully saturated rings. The highest BCUT2D eigenvalue weighted by Gasteiger charge is 2.02. The summed E-state index contributed by atoms with van der Waals surface area (Å²) in [5.41, 5.74) is 3.00. The normalized spacial score (nSPS) is 11.4. The number of hydrogen-bond acceptors (Lipinski definition) is 3. The van der Waals surface area contributed by atoms with Gasteiger partial charge in [-0.2, -0.15) is 0 Å². The highest BCUT2D eigenvalue weighted by Crippen LogP contribution is 2.24. The fourth-order valence-corrected chi connectivity index (χ4v) is 2.89. The van der Waals surface area contributed by atoms with Crippen molar-refractivity contribution >= 4 is 39.4 Å². The largest absolute Gasteiger partial charge is 0.378 e. The van der Waals surface area contributed by atoms with Gasteiger partial charge in [0.2, 0.25) is 0 Å². The van der Waals surface area contributed by atoms with Crippen molar-refractivity contribution in [1.82, 2.24) is 4.98 Å². The SMILES string of the molecule is CN(C)c1ccc(C=Cc2nc3cc(F)ccc3s2)cc1. The number of halogens is 1. The first-order valence-electron chi connectivity index (χ1n) is 6.63. The average Bonchev–Trinajstić information content (AvgIpc) is 2.87. The average molecular weight is 298 g/mol. The van der Waals surface area contributed by atoms with Crippen LogP contribution in [0.3, 0.4) is 0 Å². The quantitative estimate of drug-likeness (QED) is 0.698. The van der Waals surface area contributed by atoms with Crippen molar-refractivity contribution in [2.75, 3.05) is 19.0 Å². The number of nitrogens with zero attached hydrogens (tertiary/aromatic N) is 2. The lowest BCUT2D eigenvalue weighted by Crippen LogP contribution is -2.07. The first-order valence-corrected chi connectivity index (χ1v) is 7.45. The Labute approximate surface area is 127 Å². The Hall–Kier alpha value is -2.20. The number of benzene rings is 2. The van der Waals surface area contributed by atoms with E-state index in [0.29, 0.717) is 5.52 Å². The second-order valence-corrected chi connectivity index (χ2v) is 6.05. The summed E-state index contributed by atoms with van der Waals surface area (Å²) < 4.78 is 14.1. The molecule has 21 heavy (non-hydrogen) atoms. The van der Waals surface area contributed by atoms with Gasteiger partial charge in [0.15, 0.2) is 0 Å². The summed E-state index contributed by atoms with van der Waals surface area (Å²) in [6, 6.07) is 13.0. The van der Waals surface area contributed by atoms with E-state index in [2.05, 4.69) is 34.1 Å². The molecule has 0 aliphatic rings. The molecular weight excluding hydrogens is 283 g/mol. The van der Waals surface area contributed by atoms with Crippen molar-refractivity contribution in [2.24, 2.45) is 0 Å². The monoisotopic (exact) mass is 298 g/mol. The summed E-state index contributed by atoms with van der Waals surface area (Å²) in [7, 11) is 4.04. The van der Waals surface area contributed by atoms with Crippen molar-refractivity contribution in [1.29, 1.82) is 0 Å². The first-order chi connectivity index (χ1) is 10.1. The maximum Gasteiger partial charge on any atom is 0.125 e. The van der Waals surface area contributed by atoms with Gasteiger partial charge in [-0.15, -0.1) is 11.3 Å². The molecule has 3 rings (SSSR count). The standard InChI is InChI=1S/C17H15FN2S/c1-20(2)14-7-3-12(4-8-14)5-10-17-19-15-11-13(18)6-9-16(15)21-17/h3-11H,1-2H3. The molecule has 0 aliphatic carbocycles. The molecule has 0 N–H and O–H groups in total. The Morgan fingerprint density at radius 2 is 1.81 bits per heavy atom. The fourth-order valence-electron chi connectivity index (χ4n) is 2.04. The number of rotatable bonds is 3. The molecule has 2 aromatic carbocycles. The second-order valence-electron chi connectivity index (χ2n) is 4.98. The van der Waals surface area contributed by atoms with Crippen molar-refractivity contribution < 1.29 is 4.39 Å². The van der Waals surface area contributed by atoms with Crippen molar-refractivity contribution in [3.8, 4) is 0 Å². The van der Waals surface area contributed by atoms with E-state index in [1.807, 2.05) is 26.2 Å². The van der Waals surface area contributed by atoms with E-state index >= 15 is 0 Å². The van der Waals surface area contributed by atoms with Gasteiger partial charge in [0, 0.05) is 25.8 Å². The highest BCUT2D eigenvalue weighted by atomic mass is 32.1. The molecule has 3 aromatic rings. The van der Waals surface area contributed by atoms with Gasteiger partial charge in [-0.25, -0.2) is 9.37 Å². The van der Waals surface area contributed by atoms with Crippen LogP contribution in [0.1, 0.15) is 10.6 Å². The minimum Gasteiger partial charge on any atom is -0.378 e. The molecule has 0 saturated heterocycles. The van der Waals surface area contributed by atoms with Crippen LogP contribution in [0.25, 0.3) is 22.4 Å². The molecule has 0 spiro atoms. The zero-order chi connectivity index (χ0) is 14.8. The van der Waals surface area contributed by atoms with Crippen molar-refractivity contribution in [3.05, 3.63) is 58.9 Å². The van der Waals surface area contributed by atoms with Gasteiger partial charge >= 0.3 is 0 Å². The molecule has 0 radical (unpaired) electrons. The maximum absolute atomic E-state index is 13.1. The molecule has 2 nitrogen and oxygen atoms in total. The molecule has 1 aromatic heterocycles. The van der Waals surface area contributed by atoms with Crippen LogP contribution in [0.4, 0.5) is 10.1 Å². The lowest BCUT2D eigenvalue weighted by Gasteiger charge is -2.11. The molecule has 0 unspecified atom stereocenters. The number of fused-ring (bicyclic) bond motifs is 1. The minimum atomic E-state index is -0.248.